The van der Waals surface area contributed by atoms with Crippen molar-refractivity contribution in [2.75, 3.05) is 18.1 Å². The second-order valence-electron chi connectivity index (χ2n) is 4.94. The molecule has 2 rings (SSSR count). The van der Waals surface area contributed by atoms with Crippen molar-refractivity contribution in [2.45, 2.75) is 32.8 Å². The first kappa shape index (κ1) is 15.4. The number of aliphatic hydroxyl groups is 2. The van der Waals surface area contributed by atoms with Crippen LogP contribution in [0, 0.1) is 0 Å². The quantitative estimate of drug-likeness (QED) is 0.816. The van der Waals surface area contributed by atoms with E-state index in [2.05, 4.69) is 0 Å². The van der Waals surface area contributed by atoms with Crippen LogP contribution in [-0.2, 0) is 9.53 Å². The van der Waals surface area contributed by atoms with Gasteiger partial charge >= 0.3 is 5.97 Å². The number of benzene rings is 1. The minimum Gasteiger partial charge on any atom is -0.494 e. The maximum absolute atomic E-state index is 11.7. The first-order valence-electron chi connectivity index (χ1n) is 7.22. The molecule has 0 amide bonds. The molecule has 2 N–H and O–H groups in total. The third-order valence-electron chi connectivity index (χ3n) is 3.48. The van der Waals surface area contributed by atoms with Crippen molar-refractivity contribution >= 4 is 11.7 Å². The van der Waals surface area contributed by atoms with E-state index in [9.17, 15) is 15.0 Å². The smallest absolute Gasteiger partial charge is 0.310 e. The molecule has 1 aliphatic heterocycles. The Balaban J connectivity index is 2.39. The number of fused-ring (bicyclic) bond motifs is 1. The van der Waals surface area contributed by atoms with Crippen molar-refractivity contribution in [2.24, 2.45) is 0 Å². The van der Waals surface area contributed by atoms with Crippen molar-refractivity contribution in [3.8, 4) is 0 Å². The van der Waals surface area contributed by atoms with Gasteiger partial charge in [-0.2, -0.15) is 0 Å². The highest BCUT2D eigenvalue weighted by Crippen LogP contribution is 2.40. The zero-order valence-corrected chi connectivity index (χ0v) is 12.4. The fourth-order valence-electron chi connectivity index (χ4n) is 2.56. The maximum Gasteiger partial charge on any atom is 0.310 e. The van der Waals surface area contributed by atoms with Gasteiger partial charge < -0.3 is 19.8 Å². The molecule has 0 spiro atoms. The molecule has 21 heavy (non-hydrogen) atoms. The summed E-state index contributed by atoms with van der Waals surface area (Å²) in [6.07, 6.45) is -0.268. The zero-order chi connectivity index (χ0) is 15.4. The third-order valence-corrected chi connectivity index (χ3v) is 3.48. The van der Waals surface area contributed by atoms with E-state index in [1.165, 1.54) is 0 Å². The van der Waals surface area contributed by atoms with Crippen LogP contribution in [0.4, 0.5) is 5.69 Å². The number of nitrogens with zero attached hydrogens (tertiary/aromatic N) is 1. The lowest BCUT2D eigenvalue weighted by Gasteiger charge is -2.34. The molecule has 0 saturated carbocycles. The van der Waals surface area contributed by atoms with Gasteiger partial charge in [-0.05, 0) is 19.4 Å². The molecule has 0 radical (unpaired) electrons. The van der Waals surface area contributed by atoms with E-state index < -0.39 is 12.1 Å². The minimum atomic E-state index is -0.987. The van der Waals surface area contributed by atoms with Gasteiger partial charge in [-0.15, -0.1) is 0 Å². The average molecular weight is 291 g/mol. The molecule has 0 aliphatic carbocycles. The largest absolute Gasteiger partial charge is 0.494 e. The number of para-hydroxylation sites is 1. The van der Waals surface area contributed by atoms with Gasteiger partial charge in [-0.3, -0.25) is 4.79 Å². The molecule has 1 aromatic carbocycles. The van der Waals surface area contributed by atoms with Crippen LogP contribution in [0.25, 0.3) is 0 Å². The van der Waals surface area contributed by atoms with E-state index in [-0.39, 0.29) is 18.9 Å². The van der Waals surface area contributed by atoms with E-state index in [0.29, 0.717) is 17.7 Å². The van der Waals surface area contributed by atoms with Crippen LogP contribution in [0.3, 0.4) is 0 Å². The summed E-state index contributed by atoms with van der Waals surface area (Å²) in [5, 5.41) is 20.9. The highest BCUT2D eigenvalue weighted by molar-refractivity contribution is 5.75. The van der Waals surface area contributed by atoms with Crippen molar-refractivity contribution in [3.63, 3.8) is 0 Å². The number of carbonyl (C=O) groups excluding carboxylic acids is 1. The lowest BCUT2D eigenvalue weighted by atomic mass is 9.93. The van der Waals surface area contributed by atoms with Gasteiger partial charge in [0, 0.05) is 23.4 Å². The number of carbonyl (C=O) groups is 1. The molecule has 5 heteroatoms. The molecular formula is C16H21NO4. The lowest BCUT2D eigenvalue weighted by molar-refractivity contribution is -0.142. The van der Waals surface area contributed by atoms with Gasteiger partial charge in [0.25, 0.3) is 0 Å². The monoisotopic (exact) mass is 291 g/mol. The maximum atomic E-state index is 11.7. The summed E-state index contributed by atoms with van der Waals surface area (Å²) < 4.78 is 4.91. The molecule has 114 valence electrons. The minimum absolute atomic E-state index is 0.0453. The van der Waals surface area contributed by atoms with Gasteiger partial charge in [0.2, 0.25) is 0 Å². The highest BCUT2D eigenvalue weighted by Gasteiger charge is 2.32. The first-order valence-corrected chi connectivity index (χ1v) is 7.22. The Morgan fingerprint density at radius 3 is 2.71 bits per heavy atom. The average Bonchev–Trinajstić information content (AvgIpc) is 2.48. The Labute approximate surface area is 124 Å². The van der Waals surface area contributed by atoms with Crippen LogP contribution in [-0.4, -0.2) is 29.3 Å². The number of anilines is 1. The molecule has 1 aromatic rings. The predicted octanol–water partition coefficient (Wildman–Crippen LogP) is 2.67. The molecule has 5 nitrogen and oxygen atoms in total. The molecule has 0 aromatic heterocycles. The number of esters is 1. The summed E-state index contributed by atoms with van der Waals surface area (Å²) in [4.78, 5) is 13.4. The Morgan fingerprint density at radius 1 is 1.33 bits per heavy atom. The number of hydrogen-bond donors (Lipinski definition) is 2. The molecule has 1 atom stereocenters. The Morgan fingerprint density at radius 2 is 2.05 bits per heavy atom. The van der Waals surface area contributed by atoms with E-state index in [0.717, 1.165) is 12.1 Å². The molecule has 0 bridgehead atoms. The van der Waals surface area contributed by atoms with Crippen LogP contribution in [0.1, 0.15) is 38.4 Å². The number of hydrogen-bond acceptors (Lipinski definition) is 5. The van der Waals surface area contributed by atoms with Crippen LogP contribution in [0.15, 0.2) is 35.7 Å². The van der Waals surface area contributed by atoms with Gasteiger partial charge in [0.15, 0.2) is 5.88 Å². The first-order chi connectivity index (χ1) is 10.1. The summed E-state index contributed by atoms with van der Waals surface area (Å²) in [5.74, 6) is -0.495. The zero-order valence-electron chi connectivity index (χ0n) is 12.4. The summed E-state index contributed by atoms with van der Waals surface area (Å²) >= 11 is 0. The van der Waals surface area contributed by atoms with E-state index in [4.69, 9.17) is 4.74 Å². The molecule has 1 heterocycles. The van der Waals surface area contributed by atoms with Crippen molar-refractivity contribution in [3.05, 3.63) is 41.3 Å². The van der Waals surface area contributed by atoms with Crippen molar-refractivity contribution < 1.29 is 19.7 Å². The summed E-state index contributed by atoms with van der Waals surface area (Å²) in [5.41, 5.74) is 1.76. The third kappa shape index (κ3) is 3.03. The van der Waals surface area contributed by atoms with Crippen LogP contribution in [0.5, 0.6) is 0 Å². The van der Waals surface area contributed by atoms with Gasteiger partial charge in [0.05, 0.1) is 13.0 Å². The Bertz CT molecular complexity index is 553. The lowest BCUT2D eigenvalue weighted by Crippen LogP contribution is -2.32. The topological polar surface area (TPSA) is 70.0 Å². The fraction of sp³-hybridized carbons (Fsp3) is 0.438. The fourth-order valence-corrected chi connectivity index (χ4v) is 2.56. The second-order valence-corrected chi connectivity index (χ2v) is 4.94. The van der Waals surface area contributed by atoms with Gasteiger partial charge in [0.1, 0.15) is 6.10 Å². The number of rotatable bonds is 5. The molecule has 0 fully saturated rings. The normalized spacial score (nSPS) is 17.7. The highest BCUT2D eigenvalue weighted by atomic mass is 16.5. The summed E-state index contributed by atoms with van der Waals surface area (Å²) in [6.45, 7) is 4.62. The molecule has 1 unspecified atom stereocenters. The summed E-state index contributed by atoms with van der Waals surface area (Å²) in [7, 11) is 0. The Hall–Kier alpha value is -2.01. The SMILES string of the molecule is CCCN1C(O)=C(CC(=O)OCC)C(O)c2ccccc21. The van der Waals surface area contributed by atoms with E-state index in [1.54, 1.807) is 17.9 Å². The van der Waals surface area contributed by atoms with Crippen molar-refractivity contribution in [1.29, 1.82) is 0 Å². The van der Waals surface area contributed by atoms with Crippen LogP contribution in [0.2, 0.25) is 0 Å². The molecule has 1 aliphatic rings. The van der Waals surface area contributed by atoms with Crippen LogP contribution >= 0.6 is 0 Å². The molecule has 0 saturated heterocycles. The molecular weight excluding hydrogens is 270 g/mol. The Kier molecular flexibility index (Phi) is 4.85. The van der Waals surface area contributed by atoms with E-state index in [1.807, 2.05) is 25.1 Å². The number of aliphatic hydroxyl groups excluding tert-OH is 2. The van der Waals surface area contributed by atoms with Gasteiger partial charge in [-0.25, -0.2) is 0 Å². The predicted molar refractivity (Wildman–Crippen MR) is 79.9 cm³/mol. The van der Waals surface area contributed by atoms with E-state index >= 15 is 0 Å². The summed E-state index contributed by atoms with van der Waals surface area (Å²) in [6, 6.07) is 7.35. The standard InChI is InChI=1S/C16H21NO4/c1-3-9-17-13-8-6-5-7-11(13)15(19)12(16(17)20)10-14(18)21-4-2/h5-8,15,19-20H,3-4,9-10H2,1-2H3. The number of ether oxygens (including phenoxy) is 1. The van der Waals surface area contributed by atoms with Crippen LogP contribution < -0.4 is 4.90 Å². The van der Waals surface area contributed by atoms with Gasteiger partial charge in [-0.1, -0.05) is 25.1 Å². The second kappa shape index (κ2) is 6.63. The van der Waals surface area contributed by atoms with Crippen molar-refractivity contribution in [1.82, 2.24) is 0 Å².